The molecular formula is H4AgBaBeCoCrGaGeInKMgMoNbNiPdScTcVZr2+36. The molecule has 0 unspecified atom stereocenters. The van der Waals surface area contributed by atoms with Crippen molar-refractivity contribution in [2.75, 3.05) is 0 Å². The molecule has 0 aliphatic heterocycles. The Hall–Kier alpha value is 14.4. The van der Waals surface area contributed by atoms with Crippen molar-refractivity contribution in [3.63, 3.8) is 0 Å². The van der Waals surface area contributed by atoms with Gasteiger partial charge in [0, 0.05) is 59.7 Å². The summed E-state index contributed by atoms with van der Waals surface area (Å²) in [6.45, 7) is 0. The van der Waals surface area contributed by atoms with Crippen LogP contribution in [-0.4, -0.2) is 145 Å². The Morgan fingerprint density at radius 1 is 0.947 bits per heavy atom. The summed E-state index contributed by atoms with van der Waals surface area (Å²) in [4.78, 5) is 0. The summed E-state index contributed by atoms with van der Waals surface area (Å²) < 4.78 is 0. The van der Waals surface area contributed by atoms with Crippen LogP contribution in [0.3, 0.4) is 0 Å². The monoisotopic (exact) mass is 1420 g/mol. The quantitative estimate of drug-likeness (QED) is 0.212. The van der Waals surface area contributed by atoms with Gasteiger partial charge in [0.15, 0.2) is 0 Å². The van der Waals surface area contributed by atoms with Gasteiger partial charge in [0.1, 0.15) is 0 Å². The van der Waals surface area contributed by atoms with Crippen LogP contribution in [0.5, 0.6) is 0 Å². The fraction of sp³-hybridized carbons (Fsp3) is 0. The standard InChI is InChI=1S/Ag.Ba.Be.Co.Cr.Ga.GeH4.In.K.Mg.Mo.Nb.Ni.Pd.Sc.Tc.V.2Zr/h;;;;;;1H4;;;;;;;;;;;;/q+1;3*+2;2*+3;;+3;+1;+2;;3*+2;+3;;;2*+4. The third-order valence-corrected chi connectivity index (χ3v) is 0. The van der Waals surface area contributed by atoms with Gasteiger partial charge in [-0.1, -0.05) is 0 Å². The van der Waals surface area contributed by atoms with Gasteiger partial charge in [-0.25, -0.2) is 0 Å². The smallest absolute Gasteiger partial charge is 0 e. The summed E-state index contributed by atoms with van der Waals surface area (Å²) in [5, 5.41) is 0. The van der Waals surface area contributed by atoms with Crippen molar-refractivity contribution < 1.29 is 305 Å². The zero-order chi connectivity index (χ0) is 0. The molecule has 0 heterocycles. The molecule has 19 heteroatoms. The van der Waals surface area contributed by atoms with E-state index in [-0.39, 0.29) is 450 Å². The molecule has 19 heavy (non-hydrogen) atoms. The van der Waals surface area contributed by atoms with Crippen molar-refractivity contribution in [3.8, 4) is 0 Å². The van der Waals surface area contributed by atoms with E-state index in [4.69, 9.17) is 0 Å². The van der Waals surface area contributed by atoms with E-state index in [2.05, 4.69) is 0 Å². The molecule has 0 aliphatic carbocycles. The Balaban J connectivity index is 0. The largest absolute Gasteiger partial charge is 4.00 e. The zero-order valence-corrected chi connectivity index (χ0v) is 44.4. The van der Waals surface area contributed by atoms with E-state index in [9.17, 15) is 0 Å². The second-order valence-electron chi connectivity index (χ2n) is 0. The van der Waals surface area contributed by atoms with Crippen molar-refractivity contribution >= 4 is 145 Å². The van der Waals surface area contributed by atoms with Gasteiger partial charge in [-0.2, -0.15) is 0 Å². The van der Waals surface area contributed by atoms with Gasteiger partial charge in [0.05, 0.1) is 0 Å². The third kappa shape index (κ3) is 144. The topological polar surface area (TPSA) is 0 Å². The summed E-state index contributed by atoms with van der Waals surface area (Å²) in [5.41, 5.74) is 0. The molecule has 0 amide bonds. The second kappa shape index (κ2) is 154. The average Bonchev–Trinajstić information content (AvgIpc) is 0. The van der Waals surface area contributed by atoms with Crippen LogP contribution in [0.25, 0.3) is 0 Å². The van der Waals surface area contributed by atoms with Gasteiger partial charge in [-0.15, -0.1) is 0 Å². The molecule has 0 atom stereocenters. The maximum atomic E-state index is 0. The molecule has 0 rings (SSSR count). The summed E-state index contributed by atoms with van der Waals surface area (Å²) >= 11 is 0. The summed E-state index contributed by atoms with van der Waals surface area (Å²) in [6, 6.07) is 0. The molecule has 0 aromatic rings. The Morgan fingerprint density at radius 3 is 0.947 bits per heavy atom. The van der Waals surface area contributed by atoms with Crippen molar-refractivity contribution in [3.05, 3.63) is 0 Å². The fourth-order valence-corrected chi connectivity index (χ4v) is 0. The Morgan fingerprint density at radius 2 is 0.947 bits per heavy atom. The van der Waals surface area contributed by atoms with Crippen molar-refractivity contribution in [1.82, 2.24) is 0 Å². The number of hydrogen-bond acceptors (Lipinski definition) is 0. The van der Waals surface area contributed by atoms with Crippen LogP contribution in [-0.2, 0) is 254 Å². The number of hydrogen-bond donors (Lipinski definition) is 0. The molecular weight excluding hydrogens is 1420 g/mol. The van der Waals surface area contributed by atoms with Crippen LogP contribution >= 0.6 is 0 Å². The fourth-order valence-electron chi connectivity index (χ4n) is 0. The predicted molar refractivity (Wildman–Crippen MR) is 40.1 cm³/mol. The van der Waals surface area contributed by atoms with Crippen molar-refractivity contribution in [1.29, 1.82) is 0 Å². The van der Waals surface area contributed by atoms with E-state index in [1.165, 1.54) is 0 Å². The maximum absolute atomic E-state index is 0. The normalized spacial score (nSPS) is 0. The minimum atomic E-state index is 0. The molecule has 0 aliphatic rings. The van der Waals surface area contributed by atoms with Gasteiger partial charge in [0.2, 0.25) is 0 Å². The first-order chi connectivity index (χ1) is 0. The van der Waals surface area contributed by atoms with Gasteiger partial charge in [-0.05, 0) is 0 Å². The summed E-state index contributed by atoms with van der Waals surface area (Å²) in [5.74, 6) is 0. The predicted octanol–water partition coefficient (Wildman–Crippen LogP) is -6.38. The molecule has 0 aromatic carbocycles. The van der Waals surface area contributed by atoms with E-state index >= 15 is 0 Å². The molecule has 0 aromatic heterocycles. The minimum absolute atomic E-state index is 0. The summed E-state index contributed by atoms with van der Waals surface area (Å²) in [6.07, 6.45) is 0. The third-order valence-electron chi connectivity index (χ3n) is 0. The Kier molecular flexibility index (Phi) is 1370. The van der Waals surface area contributed by atoms with Crippen LogP contribution < -0.4 is 51.4 Å². The Labute approximate surface area is 436 Å². The first-order valence-electron chi connectivity index (χ1n) is 0. The molecule has 65 valence electrons. The molecule has 0 fully saturated rings. The van der Waals surface area contributed by atoms with Crippen molar-refractivity contribution in [2.45, 2.75) is 0 Å². The number of rotatable bonds is 0. The van der Waals surface area contributed by atoms with E-state index in [1.807, 2.05) is 0 Å². The van der Waals surface area contributed by atoms with E-state index in [0.29, 0.717) is 0 Å². The van der Waals surface area contributed by atoms with Crippen LogP contribution in [0.1, 0.15) is 0 Å². The van der Waals surface area contributed by atoms with Gasteiger partial charge < -0.3 is 0 Å². The van der Waals surface area contributed by atoms with Gasteiger partial charge in [0.25, 0.3) is 0 Å². The van der Waals surface area contributed by atoms with Gasteiger partial charge in [-0.3, -0.25) is 0 Å². The van der Waals surface area contributed by atoms with Crippen molar-refractivity contribution in [2.24, 2.45) is 0 Å². The van der Waals surface area contributed by atoms with Gasteiger partial charge >= 0.3 is 391 Å². The van der Waals surface area contributed by atoms with Crippen LogP contribution in [0.15, 0.2) is 0 Å². The zero-order valence-electron chi connectivity index (χ0n) is 9.21. The molecule has 0 N–H and O–H groups in total. The van der Waals surface area contributed by atoms with Crippen LogP contribution in [0.4, 0.5) is 0 Å². The second-order valence-corrected chi connectivity index (χ2v) is 0. The van der Waals surface area contributed by atoms with E-state index in [1.54, 1.807) is 0 Å². The van der Waals surface area contributed by atoms with E-state index in [0.717, 1.165) is 0 Å². The molecule has 0 nitrogen and oxygen atoms in total. The summed E-state index contributed by atoms with van der Waals surface area (Å²) in [7, 11) is 0. The van der Waals surface area contributed by atoms with E-state index < -0.39 is 0 Å². The molecule has 5 radical (unpaired) electrons. The SMILES string of the molecule is [Ag+].[Ba+2].[Be+2].[Co+2].[Cr+3].[Ga+3].[GeH4].[In+3].[K+].[Mg+2].[Mo].[Nb+2].[Ni+2].[Pd+2].[Sc+3].[Tc].[V].[Zr+4].[Zr+4]. The Bertz CT molecular complexity index is 78.7. The molecule has 0 spiro atoms. The van der Waals surface area contributed by atoms with Crippen LogP contribution in [0.2, 0.25) is 0 Å². The molecule has 0 saturated carbocycles. The average molecular weight is 1420 g/mol. The first kappa shape index (κ1) is 169. The molecule has 0 saturated heterocycles. The van der Waals surface area contributed by atoms with Crippen LogP contribution in [0, 0.1) is 0 Å². The minimum Gasteiger partial charge on any atom is 0 e. The molecule has 0 bridgehead atoms. The first-order valence-corrected chi connectivity index (χ1v) is 0. The maximum Gasteiger partial charge on any atom is 4.00 e.